The summed E-state index contributed by atoms with van der Waals surface area (Å²) < 4.78 is 0. The van der Waals surface area contributed by atoms with Gasteiger partial charge < -0.3 is 0 Å². The molecule has 0 aliphatic heterocycles. The van der Waals surface area contributed by atoms with Crippen LogP contribution in [0.25, 0.3) is 0 Å². The Morgan fingerprint density at radius 2 is 2.00 bits per heavy atom. The van der Waals surface area contributed by atoms with Gasteiger partial charge in [0.2, 0.25) is 6.29 Å². The van der Waals surface area contributed by atoms with E-state index in [1.165, 1.54) is 5.56 Å². The Bertz CT molecular complexity index is 258. The molecule has 1 aromatic carbocycles. The van der Waals surface area contributed by atoms with Gasteiger partial charge in [-0.1, -0.05) is 30.3 Å². The fourth-order valence-electron chi connectivity index (χ4n) is 1.10. The summed E-state index contributed by atoms with van der Waals surface area (Å²) >= 11 is 0. The molecule has 0 spiro atoms. The Labute approximate surface area is 79.2 Å². The highest BCUT2D eigenvalue weighted by Gasteiger charge is 2.07. The van der Waals surface area contributed by atoms with Crippen molar-refractivity contribution in [3.63, 3.8) is 0 Å². The van der Waals surface area contributed by atoms with Gasteiger partial charge in [-0.15, -0.1) is 0 Å². The maximum Gasteiger partial charge on any atom is 0.216 e. The van der Waals surface area contributed by atoms with Crippen molar-refractivity contribution in [2.24, 2.45) is 0 Å². The number of likely N-dealkylation sites (N-methyl/N-ethyl adjacent to an activating group) is 1. The molecule has 2 heteroatoms. The Morgan fingerprint density at radius 1 is 1.38 bits per heavy atom. The van der Waals surface area contributed by atoms with E-state index in [-0.39, 0.29) is 6.04 Å². The second kappa shape index (κ2) is 4.77. The van der Waals surface area contributed by atoms with E-state index in [9.17, 15) is 4.79 Å². The van der Waals surface area contributed by atoms with E-state index in [1.54, 1.807) is 0 Å². The first-order valence-electron chi connectivity index (χ1n) is 4.36. The molecule has 0 N–H and O–H groups in total. The molecule has 1 radical (unpaired) electrons. The molecule has 1 unspecified atom stereocenters. The zero-order chi connectivity index (χ0) is 9.68. The number of carbonyl (C=O) groups excluding carboxylic acids is 1. The van der Waals surface area contributed by atoms with Gasteiger partial charge in [0.05, 0.1) is 6.04 Å². The van der Waals surface area contributed by atoms with Crippen LogP contribution in [0.4, 0.5) is 0 Å². The maximum absolute atomic E-state index is 10.4. The van der Waals surface area contributed by atoms with E-state index in [1.807, 2.05) is 55.5 Å². The van der Waals surface area contributed by atoms with Gasteiger partial charge >= 0.3 is 0 Å². The fraction of sp³-hybridized carbons (Fsp3) is 0.364. The monoisotopic (exact) mass is 176 g/mol. The Morgan fingerprint density at radius 3 is 2.54 bits per heavy atom. The number of hydrogen-bond donors (Lipinski definition) is 0. The first-order chi connectivity index (χ1) is 6.24. The molecule has 0 saturated heterocycles. The van der Waals surface area contributed by atoms with E-state index in [0.717, 1.165) is 6.54 Å². The average molecular weight is 176 g/mol. The first kappa shape index (κ1) is 9.93. The summed E-state index contributed by atoms with van der Waals surface area (Å²) in [5.41, 5.74) is 1.21. The number of hydrogen-bond acceptors (Lipinski definition) is 2. The molecule has 69 valence electrons. The molecule has 2 nitrogen and oxygen atoms in total. The molecule has 0 aliphatic rings. The zero-order valence-corrected chi connectivity index (χ0v) is 8.03. The third-order valence-electron chi connectivity index (χ3n) is 2.11. The first-order valence-corrected chi connectivity index (χ1v) is 4.36. The van der Waals surface area contributed by atoms with Crippen molar-refractivity contribution in [3.8, 4) is 0 Å². The lowest BCUT2D eigenvalue weighted by Gasteiger charge is -2.18. The molecule has 0 aliphatic carbocycles. The van der Waals surface area contributed by atoms with Crippen molar-refractivity contribution in [1.29, 1.82) is 0 Å². The summed E-state index contributed by atoms with van der Waals surface area (Å²) in [5.74, 6) is 0. The fourth-order valence-corrected chi connectivity index (χ4v) is 1.10. The van der Waals surface area contributed by atoms with Crippen molar-refractivity contribution in [3.05, 3.63) is 35.9 Å². The van der Waals surface area contributed by atoms with Crippen LogP contribution < -0.4 is 0 Å². The van der Waals surface area contributed by atoms with Gasteiger partial charge in [0, 0.05) is 6.54 Å². The quantitative estimate of drug-likeness (QED) is 0.694. The SMILES string of the molecule is CC([C]=O)N(C)Cc1ccccc1. The normalized spacial score (nSPS) is 12.8. The molecule has 13 heavy (non-hydrogen) atoms. The molecule has 0 amide bonds. The van der Waals surface area contributed by atoms with Gasteiger partial charge in [-0.25, -0.2) is 0 Å². The standard InChI is InChI=1S/C11H14NO/c1-10(9-13)12(2)8-11-6-4-3-5-7-11/h3-7,10H,8H2,1-2H3. The van der Waals surface area contributed by atoms with E-state index < -0.39 is 0 Å². The highest BCUT2D eigenvalue weighted by molar-refractivity contribution is 5.57. The lowest BCUT2D eigenvalue weighted by molar-refractivity contribution is 0.296. The van der Waals surface area contributed by atoms with Crippen LogP contribution in [0.15, 0.2) is 30.3 Å². The van der Waals surface area contributed by atoms with E-state index in [0.29, 0.717) is 0 Å². The second-order valence-corrected chi connectivity index (χ2v) is 3.19. The van der Waals surface area contributed by atoms with Gasteiger partial charge in [0.1, 0.15) is 0 Å². The van der Waals surface area contributed by atoms with Gasteiger partial charge in [0.25, 0.3) is 0 Å². The molecule has 0 bridgehead atoms. The van der Waals surface area contributed by atoms with Gasteiger partial charge in [0.15, 0.2) is 0 Å². The molecule has 0 saturated carbocycles. The molecule has 0 fully saturated rings. The zero-order valence-electron chi connectivity index (χ0n) is 8.03. The molecule has 1 rings (SSSR count). The Hall–Kier alpha value is -1.15. The van der Waals surface area contributed by atoms with Crippen molar-refractivity contribution in [2.45, 2.75) is 19.5 Å². The smallest absolute Gasteiger partial charge is 0.216 e. The summed E-state index contributed by atoms with van der Waals surface area (Å²) in [6.45, 7) is 2.63. The third kappa shape index (κ3) is 2.99. The van der Waals surface area contributed by atoms with Crippen LogP contribution in [0.5, 0.6) is 0 Å². The summed E-state index contributed by atoms with van der Waals surface area (Å²) in [6.07, 6.45) is 1.96. The van der Waals surface area contributed by atoms with Crippen LogP contribution in [0, 0.1) is 0 Å². The Kier molecular flexibility index (Phi) is 3.65. The third-order valence-corrected chi connectivity index (χ3v) is 2.11. The van der Waals surface area contributed by atoms with E-state index in [2.05, 4.69) is 0 Å². The largest absolute Gasteiger partial charge is 0.292 e. The highest BCUT2D eigenvalue weighted by Crippen LogP contribution is 2.04. The number of benzene rings is 1. The molecular weight excluding hydrogens is 162 g/mol. The van der Waals surface area contributed by atoms with Crippen molar-refractivity contribution in [1.82, 2.24) is 4.90 Å². The van der Waals surface area contributed by atoms with Crippen LogP contribution in [-0.2, 0) is 11.3 Å². The second-order valence-electron chi connectivity index (χ2n) is 3.19. The lowest BCUT2D eigenvalue weighted by Crippen LogP contribution is -2.29. The predicted molar refractivity (Wildman–Crippen MR) is 53.1 cm³/mol. The summed E-state index contributed by atoms with van der Waals surface area (Å²) in [5, 5.41) is 0. The summed E-state index contributed by atoms with van der Waals surface area (Å²) in [7, 11) is 1.92. The van der Waals surface area contributed by atoms with Crippen LogP contribution >= 0.6 is 0 Å². The van der Waals surface area contributed by atoms with Crippen LogP contribution in [0.2, 0.25) is 0 Å². The molecule has 1 atom stereocenters. The maximum atomic E-state index is 10.4. The molecule has 0 aromatic heterocycles. The minimum atomic E-state index is -0.139. The van der Waals surface area contributed by atoms with Crippen LogP contribution in [0.3, 0.4) is 0 Å². The van der Waals surface area contributed by atoms with Crippen molar-refractivity contribution < 1.29 is 4.79 Å². The molecule has 0 heterocycles. The van der Waals surface area contributed by atoms with Crippen molar-refractivity contribution in [2.75, 3.05) is 7.05 Å². The number of nitrogens with zero attached hydrogens (tertiary/aromatic N) is 1. The van der Waals surface area contributed by atoms with Gasteiger partial charge in [-0.05, 0) is 19.5 Å². The summed E-state index contributed by atoms with van der Waals surface area (Å²) in [4.78, 5) is 12.3. The van der Waals surface area contributed by atoms with E-state index >= 15 is 0 Å². The lowest BCUT2D eigenvalue weighted by atomic mass is 10.2. The minimum absolute atomic E-state index is 0.139. The molecule has 1 aromatic rings. The van der Waals surface area contributed by atoms with Crippen molar-refractivity contribution >= 4 is 6.29 Å². The topological polar surface area (TPSA) is 20.3 Å². The summed E-state index contributed by atoms with van der Waals surface area (Å²) in [6, 6.07) is 9.94. The predicted octanol–water partition coefficient (Wildman–Crippen LogP) is 1.62. The highest BCUT2D eigenvalue weighted by atomic mass is 16.1. The van der Waals surface area contributed by atoms with Gasteiger partial charge in [-0.2, -0.15) is 0 Å². The molecular formula is C11H14NO. The van der Waals surface area contributed by atoms with Gasteiger partial charge in [-0.3, -0.25) is 9.69 Å². The van der Waals surface area contributed by atoms with Crippen LogP contribution in [0.1, 0.15) is 12.5 Å². The van der Waals surface area contributed by atoms with Crippen LogP contribution in [-0.4, -0.2) is 24.3 Å². The minimum Gasteiger partial charge on any atom is -0.292 e. The number of rotatable bonds is 4. The van der Waals surface area contributed by atoms with E-state index in [4.69, 9.17) is 0 Å². The Balaban J connectivity index is 2.54. The average Bonchev–Trinajstić information content (AvgIpc) is 2.18.